The smallest absolute Gasteiger partial charge is 0.137 e. The second kappa shape index (κ2) is 9.36. The summed E-state index contributed by atoms with van der Waals surface area (Å²) in [5, 5.41) is 0. The number of piperidine rings is 1. The Labute approximate surface area is 184 Å². The quantitative estimate of drug-likeness (QED) is 0.353. The highest BCUT2D eigenvalue weighted by atomic mass is 16.5. The van der Waals surface area contributed by atoms with E-state index < -0.39 is 0 Å². The average Bonchev–Trinajstić information content (AvgIpc) is 3.27. The number of hydrogen-bond acceptors (Lipinski definition) is 3. The SMILES string of the molecule is c1ccc(-c2cc(OCCCN3CCCCC3)ccc2-c2cn3ccccc3n2)cc1. The minimum absolute atomic E-state index is 0.748. The fourth-order valence-corrected chi connectivity index (χ4v) is 4.42. The van der Waals surface area contributed by atoms with Crippen molar-refractivity contribution >= 4 is 5.65 Å². The maximum atomic E-state index is 6.16. The Morgan fingerprint density at radius 1 is 0.839 bits per heavy atom. The van der Waals surface area contributed by atoms with Crippen LogP contribution in [0, 0.1) is 0 Å². The first-order valence-electron chi connectivity index (χ1n) is 11.4. The van der Waals surface area contributed by atoms with Crippen molar-refractivity contribution in [1.82, 2.24) is 14.3 Å². The topological polar surface area (TPSA) is 29.8 Å². The van der Waals surface area contributed by atoms with Gasteiger partial charge in [0.05, 0.1) is 12.3 Å². The van der Waals surface area contributed by atoms with Crippen molar-refractivity contribution in [3.05, 3.63) is 79.1 Å². The van der Waals surface area contributed by atoms with Gasteiger partial charge in [0.15, 0.2) is 0 Å². The fourth-order valence-electron chi connectivity index (χ4n) is 4.42. The number of benzene rings is 2. The van der Waals surface area contributed by atoms with Crippen LogP contribution in [0.3, 0.4) is 0 Å². The molecule has 0 amide bonds. The normalized spacial score (nSPS) is 14.7. The molecular formula is C27H29N3O. The van der Waals surface area contributed by atoms with E-state index >= 15 is 0 Å². The molecule has 2 aromatic heterocycles. The monoisotopic (exact) mass is 411 g/mol. The van der Waals surface area contributed by atoms with Crippen molar-refractivity contribution in [3.8, 4) is 28.1 Å². The summed E-state index contributed by atoms with van der Waals surface area (Å²) >= 11 is 0. The van der Waals surface area contributed by atoms with Crippen molar-refractivity contribution in [2.45, 2.75) is 25.7 Å². The van der Waals surface area contributed by atoms with Gasteiger partial charge in [-0.25, -0.2) is 4.98 Å². The molecule has 31 heavy (non-hydrogen) atoms. The van der Waals surface area contributed by atoms with Crippen LogP contribution in [-0.4, -0.2) is 40.5 Å². The van der Waals surface area contributed by atoms with Crippen LogP contribution in [0.15, 0.2) is 79.1 Å². The van der Waals surface area contributed by atoms with Gasteiger partial charge in [-0.05, 0) is 73.8 Å². The Morgan fingerprint density at radius 3 is 2.52 bits per heavy atom. The lowest BCUT2D eigenvalue weighted by atomic mass is 9.97. The second-order valence-electron chi connectivity index (χ2n) is 8.27. The number of nitrogens with zero attached hydrogens (tertiary/aromatic N) is 3. The summed E-state index contributed by atoms with van der Waals surface area (Å²) in [6, 6.07) is 23.0. The van der Waals surface area contributed by atoms with Crippen LogP contribution in [0.5, 0.6) is 5.75 Å². The number of fused-ring (bicyclic) bond motifs is 1. The molecule has 158 valence electrons. The zero-order valence-electron chi connectivity index (χ0n) is 17.9. The van der Waals surface area contributed by atoms with Gasteiger partial charge in [-0.15, -0.1) is 0 Å². The van der Waals surface area contributed by atoms with Crippen molar-refractivity contribution in [2.24, 2.45) is 0 Å². The minimum Gasteiger partial charge on any atom is -0.494 e. The third-order valence-corrected chi connectivity index (χ3v) is 6.05. The molecule has 1 aliphatic rings. The highest BCUT2D eigenvalue weighted by Gasteiger charge is 2.13. The van der Waals surface area contributed by atoms with E-state index in [1.165, 1.54) is 37.9 Å². The molecule has 5 rings (SSSR count). The second-order valence-corrected chi connectivity index (χ2v) is 8.27. The molecule has 0 bridgehead atoms. The molecular weight excluding hydrogens is 382 g/mol. The number of ether oxygens (including phenoxy) is 1. The van der Waals surface area contributed by atoms with E-state index in [1.54, 1.807) is 0 Å². The summed E-state index contributed by atoms with van der Waals surface area (Å²) < 4.78 is 8.22. The van der Waals surface area contributed by atoms with E-state index in [4.69, 9.17) is 9.72 Å². The van der Waals surface area contributed by atoms with Gasteiger partial charge in [0.1, 0.15) is 11.4 Å². The Balaban J connectivity index is 1.37. The first-order chi connectivity index (χ1) is 15.4. The van der Waals surface area contributed by atoms with E-state index in [-0.39, 0.29) is 0 Å². The van der Waals surface area contributed by atoms with Gasteiger partial charge < -0.3 is 14.0 Å². The fraction of sp³-hybridized carbons (Fsp3) is 0.296. The summed E-state index contributed by atoms with van der Waals surface area (Å²) in [5.74, 6) is 0.921. The molecule has 4 heteroatoms. The Kier molecular flexibility index (Phi) is 5.99. The molecule has 0 atom stereocenters. The average molecular weight is 412 g/mol. The lowest BCUT2D eigenvalue weighted by Crippen LogP contribution is -2.31. The lowest BCUT2D eigenvalue weighted by molar-refractivity contribution is 0.205. The Morgan fingerprint density at radius 2 is 1.68 bits per heavy atom. The summed E-state index contributed by atoms with van der Waals surface area (Å²) in [4.78, 5) is 7.41. The summed E-state index contributed by atoms with van der Waals surface area (Å²) in [5.41, 5.74) is 5.37. The summed E-state index contributed by atoms with van der Waals surface area (Å²) in [7, 11) is 0. The predicted molar refractivity (Wildman–Crippen MR) is 126 cm³/mol. The molecule has 1 saturated heterocycles. The van der Waals surface area contributed by atoms with E-state index in [9.17, 15) is 0 Å². The first kappa shape index (κ1) is 19.8. The van der Waals surface area contributed by atoms with E-state index in [0.717, 1.165) is 47.8 Å². The van der Waals surface area contributed by atoms with Gasteiger partial charge in [-0.3, -0.25) is 0 Å². The number of likely N-dealkylation sites (tertiary alicyclic amines) is 1. The molecule has 0 spiro atoms. The third kappa shape index (κ3) is 4.64. The van der Waals surface area contributed by atoms with Gasteiger partial charge in [0, 0.05) is 24.5 Å². The third-order valence-electron chi connectivity index (χ3n) is 6.05. The number of aromatic nitrogens is 2. The van der Waals surface area contributed by atoms with Crippen LogP contribution in [0.2, 0.25) is 0 Å². The van der Waals surface area contributed by atoms with Crippen molar-refractivity contribution in [1.29, 1.82) is 0 Å². The Hall–Kier alpha value is -3.11. The number of imidazole rings is 1. The molecule has 0 aliphatic carbocycles. The molecule has 3 heterocycles. The zero-order valence-corrected chi connectivity index (χ0v) is 17.9. The lowest BCUT2D eigenvalue weighted by Gasteiger charge is -2.26. The molecule has 0 unspecified atom stereocenters. The van der Waals surface area contributed by atoms with Crippen LogP contribution in [0.4, 0.5) is 0 Å². The molecule has 0 saturated carbocycles. The maximum Gasteiger partial charge on any atom is 0.137 e. The van der Waals surface area contributed by atoms with E-state index in [2.05, 4.69) is 64.0 Å². The van der Waals surface area contributed by atoms with Crippen molar-refractivity contribution < 1.29 is 4.74 Å². The molecule has 1 aliphatic heterocycles. The minimum atomic E-state index is 0.748. The van der Waals surface area contributed by atoms with Gasteiger partial charge in [-0.2, -0.15) is 0 Å². The van der Waals surface area contributed by atoms with Crippen LogP contribution in [-0.2, 0) is 0 Å². The molecule has 4 aromatic rings. The van der Waals surface area contributed by atoms with Gasteiger partial charge in [0.2, 0.25) is 0 Å². The molecule has 4 nitrogen and oxygen atoms in total. The van der Waals surface area contributed by atoms with Crippen LogP contribution in [0.1, 0.15) is 25.7 Å². The highest BCUT2D eigenvalue weighted by Crippen LogP contribution is 2.34. The van der Waals surface area contributed by atoms with E-state index in [0.29, 0.717) is 0 Å². The molecule has 1 fully saturated rings. The zero-order chi connectivity index (χ0) is 20.9. The van der Waals surface area contributed by atoms with Crippen LogP contribution >= 0.6 is 0 Å². The van der Waals surface area contributed by atoms with E-state index in [1.807, 2.05) is 24.4 Å². The molecule has 2 aromatic carbocycles. The Bertz CT molecular complexity index is 1100. The number of hydrogen-bond donors (Lipinski definition) is 0. The summed E-state index contributed by atoms with van der Waals surface area (Å²) in [6.07, 6.45) is 9.25. The van der Waals surface area contributed by atoms with Gasteiger partial charge >= 0.3 is 0 Å². The first-order valence-corrected chi connectivity index (χ1v) is 11.4. The van der Waals surface area contributed by atoms with Crippen LogP contribution in [0.25, 0.3) is 28.0 Å². The standard InChI is InChI=1S/C27H29N3O/c1-3-10-22(11-4-1)25-20-23(31-19-9-17-29-15-6-2-7-16-29)13-14-24(25)26-21-30-18-8-5-12-27(30)28-26/h1,3-5,8,10-14,18,20-21H,2,6-7,9,15-17,19H2. The number of pyridine rings is 1. The molecule has 0 radical (unpaired) electrons. The van der Waals surface area contributed by atoms with Gasteiger partial charge in [0.25, 0.3) is 0 Å². The van der Waals surface area contributed by atoms with Gasteiger partial charge in [-0.1, -0.05) is 42.8 Å². The maximum absolute atomic E-state index is 6.16. The van der Waals surface area contributed by atoms with Crippen molar-refractivity contribution in [2.75, 3.05) is 26.2 Å². The van der Waals surface area contributed by atoms with Crippen LogP contribution < -0.4 is 4.74 Å². The predicted octanol–water partition coefficient (Wildman–Crippen LogP) is 5.92. The largest absolute Gasteiger partial charge is 0.494 e. The summed E-state index contributed by atoms with van der Waals surface area (Å²) in [6.45, 7) is 4.36. The van der Waals surface area contributed by atoms with Crippen molar-refractivity contribution in [3.63, 3.8) is 0 Å². The highest BCUT2D eigenvalue weighted by molar-refractivity contribution is 5.83. The number of rotatable bonds is 7. The molecule has 0 N–H and O–H groups in total.